The third-order valence-corrected chi connectivity index (χ3v) is 6.07. The highest BCUT2D eigenvalue weighted by Crippen LogP contribution is 2.14. The van der Waals surface area contributed by atoms with Crippen LogP contribution in [-0.4, -0.2) is 63.7 Å². The van der Waals surface area contributed by atoms with Gasteiger partial charge in [0.25, 0.3) is 20.2 Å². The molecule has 174 valence electrons. The molecule has 11 heteroatoms. The molecular weight excluding hydrogens is 447 g/mol. The lowest BCUT2D eigenvalue weighted by Crippen LogP contribution is -2.49. The molecule has 1 fully saturated rings. The summed E-state index contributed by atoms with van der Waals surface area (Å²) in [5, 5.41) is 0. The summed E-state index contributed by atoms with van der Waals surface area (Å²) in [6.07, 6.45) is 0. The van der Waals surface area contributed by atoms with Gasteiger partial charge in [0.05, 0.1) is 16.5 Å². The molecule has 8 nitrogen and oxygen atoms in total. The van der Waals surface area contributed by atoms with Crippen molar-refractivity contribution in [2.45, 2.75) is 23.6 Å². The van der Waals surface area contributed by atoms with Crippen LogP contribution < -0.4 is 5.73 Å². The van der Waals surface area contributed by atoms with Crippen LogP contribution in [0.25, 0.3) is 0 Å². The number of alkyl halides is 1. The molecule has 4 N–H and O–H groups in total. The van der Waals surface area contributed by atoms with Crippen molar-refractivity contribution in [3.63, 3.8) is 0 Å². The highest BCUT2D eigenvalue weighted by atomic mass is 32.2. The van der Waals surface area contributed by atoms with Crippen molar-refractivity contribution in [1.29, 1.82) is 0 Å². The van der Waals surface area contributed by atoms with E-state index in [9.17, 15) is 21.2 Å². The van der Waals surface area contributed by atoms with E-state index in [1.165, 1.54) is 24.3 Å². The molecule has 1 aliphatic heterocycles. The van der Waals surface area contributed by atoms with E-state index in [4.69, 9.17) is 14.8 Å². The van der Waals surface area contributed by atoms with Gasteiger partial charge >= 0.3 is 0 Å². The molecule has 2 aromatic rings. The van der Waals surface area contributed by atoms with E-state index in [1.807, 2.05) is 13.8 Å². The Morgan fingerprint density at radius 1 is 0.871 bits per heavy atom. The van der Waals surface area contributed by atoms with Crippen LogP contribution in [0.2, 0.25) is 0 Å². The van der Waals surface area contributed by atoms with Crippen molar-refractivity contribution in [1.82, 2.24) is 4.90 Å². The molecule has 0 unspecified atom stereocenters. The first-order valence-corrected chi connectivity index (χ1v) is 12.3. The predicted molar refractivity (Wildman–Crippen MR) is 117 cm³/mol. The molecule has 0 amide bonds. The zero-order valence-electron chi connectivity index (χ0n) is 17.5. The van der Waals surface area contributed by atoms with Gasteiger partial charge in [-0.15, -0.1) is 0 Å². The van der Waals surface area contributed by atoms with E-state index in [0.717, 1.165) is 30.8 Å². The Bertz CT molecular complexity index is 931. The summed E-state index contributed by atoms with van der Waals surface area (Å²) in [6, 6.07) is 12.0. The summed E-state index contributed by atoms with van der Waals surface area (Å²) in [4.78, 5) is 2.04. The van der Waals surface area contributed by atoms with Crippen LogP contribution in [-0.2, 0) is 20.2 Å². The van der Waals surface area contributed by atoms with Gasteiger partial charge < -0.3 is 10.6 Å². The Balaban J connectivity index is 0.000000234. The minimum atomic E-state index is -4.02. The lowest BCUT2D eigenvalue weighted by Gasteiger charge is -2.37. The minimum absolute atomic E-state index is 0.0666. The molecule has 3 rings (SSSR count). The summed E-state index contributed by atoms with van der Waals surface area (Å²) in [6.45, 7) is 6.96. The van der Waals surface area contributed by atoms with Crippen LogP contribution in [0.1, 0.15) is 11.1 Å². The number of hydrogen-bond donors (Lipinski definition) is 3. The molecular formula is C20H29FN2O6S2. The van der Waals surface area contributed by atoms with Gasteiger partial charge in [0.15, 0.2) is 0 Å². The van der Waals surface area contributed by atoms with E-state index in [-0.39, 0.29) is 16.5 Å². The Morgan fingerprint density at radius 3 is 1.48 bits per heavy atom. The normalized spacial score (nSPS) is 14.5. The lowest BCUT2D eigenvalue weighted by molar-refractivity contribution is 0.0845. The van der Waals surface area contributed by atoms with Gasteiger partial charge in [0.1, 0.15) is 0 Å². The first-order chi connectivity index (χ1) is 14.4. The van der Waals surface area contributed by atoms with Crippen LogP contribution in [0.15, 0.2) is 58.3 Å². The van der Waals surface area contributed by atoms with E-state index < -0.39 is 20.2 Å². The van der Waals surface area contributed by atoms with Gasteiger partial charge in [0, 0.05) is 32.1 Å². The number of halogens is 1. The van der Waals surface area contributed by atoms with Gasteiger partial charge in [-0.25, -0.2) is 0 Å². The fraction of sp³-hybridized carbons (Fsp3) is 0.400. The second-order valence-electron chi connectivity index (χ2n) is 7.14. The second kappa shape index (κ2) is 12.2. The standard InChI is InChI=1S/2C7H8O3S.C6H13FN2/c2*1-6-2-4-7(5-3-6)11(8,9)10;7-3-6-4-9(5-6)2-1-8/h2*2-5H,1H3,(H,8,9,10);6H,1-5,8H2. The third-order valence-electron chi connectivity index (χ3n) is 4.33. The maximum atomic E-state index is 11.8. The second-order valence-corrected chi connectivity index (χ2v) is 9.99. The predicted octanol–water partition coefficient (Wildman–Crippen LogP) is 2.33. The number of aryl methyl sites for hydroxylation is 2. The Hall–Kier alpha value is -1.89. The molecule has 31 heavy (non-hydrogen) atoms. The zero-order valence-corrected chi connectivity index (χ0v) is 19.1. The van der Waals surface area contributed by atoms with Gasteiger partial charge in [-0.1, -0.05) is 35.4 Å². The van der Waals surface area contributed by atoms with Crippen molar-refractivity contribution in [2.75, 3.05) is 32.9 Å². The molecule has 0 aromatic heterocycles. The summed E-state index contributed by atoms with van der Waals surface area (Å²) < 4.78 is 70.9. The molecule has 0 bridgehead atoms. The van der Waals surface area contributed by atoms with Crippen LogP contribution in [0.5, 0.6) is 0 Å². The molecule has 0 radical (unpaired) electrons. The molecule has 1 aliphatic rings. The van der Waals surface area contributed by atoms with Crippen LogP contribution >= 0.6 is 0 Å². The van der Waals surface area contributed by atoms with Gasteiger partial charge in [-0.2, -0.15) is 16.8 Å². The monoisotopic (exact) mass is 476 g/mol. The number of nitrogens with two attached hydrogens (primary N) is 1. The van der Waals surface area contributed by atoms with E-state index in [2.05, 4.69) is 4.90 Å². The average Bonchev–Trinajstić information content (AvgIpc) is 2.64. The summed E-state index contributed by atoms with van der Waals surface area (Å²) >= 11 is 0. The lowest BCUT2D eigenvalue weighted by atomic mass is 10.0. The van der Waals surface area contributed by atoms with Crippen LogP contribution in [0.4, 0.5) is 4.39 Å². The maximum absolute atomic E-state index is 11.8. The number of likely N-dealkylation sites (tertiary alicyclic amines) is 1. The van der Waals surface area contributed by atoms with Crippen LogP contribution in [0, 0.1) is 19.8 Å². The van der Waals surface area contributed by atoms with Crippen LogP contribution in [0.3, 0.4) is 0 Å². The fourth-order valence-electron chi connectivity index (χ4n) is 2.56. The summed E-state index contributed by atoms with van der Waals surface area (Å²) in [7, 11) is -8.04. The Morgan fingerprint density at radius 2 is 1.23 bits per heavy atom. The van der Waals surface area contributed by atoms with Crippen molar-refractivity contribution in [3.05, 3.63) is 59.7 Å². The van der Waals surface area contributed by atoms with Gasteiger partial charge in [-0.3, -0.25) is 13.5 Å². The molecule has 1 heterocycles. The molecule has 0 saturated carbocycles. The molecule has 0 atom stereocenters. The number of nitrogens with zero attached hydrogens (tertiary/aromatic N) is 1. The van der Waals surface area contributed by atoms with Crippen molar-refractivity contribution in [3.8, 4) is 0 Å². The third kappa shape index (κ3) is 10.3. The smallest absolute Gasteiger partial charge is 0.294 e. The maximum Gasteiger partial charge on any atom is 0.294 e. The summed E-state index contributed by atoms with van der Waals surface area (Å²) in [5.74, 6) is 0.302. The van der Waals surface area contributed by atoms with Gasteiger partial charge in [-0.05, 0) is 38.1 Å². The number of rotatable bonds is 5. The van der Waals surface area contributed by atoms with E-state index in [1.54, 1.807) is 24.3 Å². The van der Waals surface area contributed by atoms with Crippen molar-refractivity contribution >= 4 is 20.2 Å². The van der Waals surface area contributed by atoms with Crippen molar-refractivity contribution < 1.29 is 30.3 Å². The molecule has 2 aromatic carbocycles. The molecule has 0 aliphatic carbocycles. The van der Waals surface area contributed by atoms with Crippen molar-refractivity contribution in [2.24, 2.45) is 11.7 Å². The quantitative estimate of drug-likeness (QED) is 0.559. The molecule has 0 spiro atoms. The minimum Gasteiger partial charge on any atom is -0.329 e. The fourth-order valence-corrected chi connectivity index (χ4v) is 3.52. The van der Waals surface area contributed by atoms with E-state index in [0.29, 0.717) is 12.5 Å². The highest BCUT2D eigenvalue weighted by Gasteiger charge is 2.24. The molecule has 1 saturated heterocycles. The number of benzene rings is 2. The highest BCUT2D eigenvalue weighted by molar-refractivity contribution is 7.86. The van der Waals surface area contributed by atoms with Gasteiger partial charge in [0.2, 0.25) is 0 Å². The first kappa shape index (κ1) is 27.1. The SMILES string of the molecule is Cc1ccc(S(=O)(=O)O)cc1.Cc1ccc(S(=O)(=O)O)cc1.NCCN1CC(CF)C1. The topological polar surface area (TPSA) is 138 Å². The zero-order chi connectivity index (χ0) is 23.7. The Labute approximate surface area is 183 Å². The Kier molecular flexibility index (Phi) is 10.7. The summed E-state index contributed by atoms with van der Waals surface area (Å²) in [5.41, 5.74) is 7.20. The largest absolute Gasteiger partial charge is 0.329 e. The first-order valence-electron chi connectivity index (χ1n) is 9.43. The average molecular weight is 477 g/mol. The number of hydrogen-bond acceptors (Lipinski definition) is 6. The van der Waals surface area contributed by atoms with E-state index >= 15 is 0 Å².